The Morgan fingerprint density at radius 2 is 2.28 bits per heavy atom. The zero-order valence-corrected chi connectivity index (χ0v) is 10.0. The molecule has 1 aliphatic heterocycles. The molecule has 1 saturated heterocycles. The first kappa shape index (κ1) is 13.1. The topological polar surface area (TPSA) is 34.2 Å². The Hall–Kier alpha value is -1.30. The number of pyridine rings is 1. The predicted molar refractivity (Wildman–Crippen MR) is 61.3 cm³/mol. The van der Waals surface area contributed by atoms with Crippen molar-refractivity contribution in [3.8, 4) is 0 Å². The van der Waals surface area contributed by atoms with Gasteiger partial charge in [0.05, 0.1) is 5.60 Å². The SMILES string of the molecule is CC1(CNc2ccnc(C(F)(F)F)c2)CCCO1. The van der Waals surface area contributed by atoms with Crippen molar-refractivity contribution >= 4 is 5.69 Å². The van der Waals surface area contributed by atoms with Crippen LogP contribution in [0.2, 0.25) is 0 Å². The summed E-state index contributed by atoms with van der Waals surface area (Å²) in [5, 5.41) is 2.97. The Balaban J connectivity index is 2.01. The molecule has 1 aliphatic rings. The second-order valence-corrected chi connectivity index (χ2v) is 4.68. The van der Waals surface area contributed by atoms with E-state index in [0.29, 0.717) is 18.8 Å². The molecule has 0 bridgehead atoms. The molecule has 1 aromatic heterocycles. The average Bonchev–Trinajstić information content (AvgIpc) is 2.74. The van der Waals surface area contributed by atoms with Gasteiger partial charge in [-0.2, -0.15) is 13.2 Å². The third-order valence-corrected chi connectivity index (χ3v) is 3.02. The van der Waals surface area contributed by atoms with Crippen LogP contribution in [0.5, 0.6) is 0 Å². The second kappa shape index (κ2) is 4.76. The summed E-state index contributed by atoms with van der Waals surface area (Å²) < 4.78 is 43.0. The summed E-state index contributed by atoms with van der Waals surface area (Å²) in [5.41, 5.74) is -0.763. The monoisotopic (exact) mass is 260 g/mol. The van der Waals surface area contributed by atoms with Crippen molar-refractivity contribution in [2.24, 2.45) is 0 Å². The Bertz CT molecular complexity index is 414. The van der Waals surface area contributed by atoms with Crippen LogP contribution in [0.1, 0.15) is 25.5 Å². The number of ether oxygens (including phenoxy) is 1. The van der Waals surface area contributed by atoms with Crippen LogP contribution in [-0.4, -0.2) is 23.7 Å². The van der Waals surface area contributed by atoms with Gasteiger partial charge in [0.1, 0.15) is 5.69 Å². The Labute approximate surface area is 103 Å². The molecule has 100 valence electrons. The lowest BCUT2D eigenvalue weighted by molar-refractivity contribution is -0.141. The minimum absolute atomic E-state index is 0.290. The molecule has 1 N–H and O–H groups in total. The first-order valence-corrected chi connectivity index (χ1v) is 5.80. The lowest BCUT2D eigenvalue weighted by Crippen LogP contribution is -2.32. The van der Waals surface area contributed by atoms with Crippen molar-refractivity contribution in [1.29, 1.82) is 0 Å². The molecule has 2 heterocycles. The van der Waals surface area contributed by atoms with Gasteiger partial charge in [-0.05, 0) is 31.9 Å². The quantitative estimate of drug-likeness (QED) is 0.906. The van der Waals surface area contributed by atoms with Crippen molar-refractivity contribution in [3.63, 3.8) is 0 Å². The van der Waals surface area contributed by atoms with E-state index in [4.69, 9.17) is 4.74 Å². The van der Waals surface area contributed by atoms with Gasteiger partial charge in [0.2, 0.25) is 0 Å². The molecule has 0 radical (unpaired) electrons. The van der Waals surface area contributed by atoms with Gasteiger partial charge in [-0.15, -0.1) is 0 Å². The molecular weight excluding hydrogens is 245 g/mol. The highest BCUT2D eigenvalue weighted by atomic mass is 19.4. The summed E-state index contributed by atoms with van der Waals surface area (Å²) >= 11 is 0. The van der Waals surface area contributed by atoms with Crippen molar-refractivity contribution in [1.82, 2.24) is 4.98 Å². The normalized spacial score (nSPS) is 24.2. The number of halogens is 3. The molecular formula is C12H15F3N2O. The van der Waals surface area contributed by atoms with Crippen LogP contribution in [0.25, 0.3) is 0 Å². The maximum absolute atomic E-state index is 12.5. The highest BCUT2D eigenvalue weighted by Crippen LogP contribution is 2.29. The van der Waals surface area contributed by atoms with Gasteiger partial charge in [-0.25, -0.2) is 0 Å². The highest BCUT2D eigenvalue weighted by molar-refractivity contribution is 5.44. The summed E-state index contributed by atoms with van der Waals surface area (Å²) in [6.45, 7) is 3.16. The Morgan fingerprint density at radius 1 is 1.50 bits per heavy atom. The molecule has 1 atom stereocenters. The van der Waals surface area contributed by atoms with E-state index >= 15 is 0 Å². The molecule has 6 heteroatoms. The fourth-order valence-corrected chi connectivity index (χ4v) is 1.96. The molecule has 1 aromatic rings. The van der Waals surface area contributed by atoms with Crippen LogP contribution < -0.4 is 5.32 Å². The van der Waals surface area contributed by atoms with E-state index in [2.05, 4.69) is 10.3 Å². The molecule has 0 saturated carbocycles. The van der Waals surface area contributed by atoms with Crippen LogP contribution >= 0.6 is 0 Å². The van der Waals surface area contributed by atoms with Crippen LogP contribution in [0, 0.1) is 0 Å². The van der Waals surface area contributed by atoms with Crippen LogP contribution in [-0.2, 0) is 10.9 Å². The Kier molecular flexibility index (Phi) is 3.47. The van der Waals surface area contributed by atoms with Crippen molar-refractivity contribution < 1.29 is 17.9 Å². The smallest absolute Gasteiger partial charge is 0.382 e. The summed E-state index contributed by atoms with van der Waals surface area (Å²) in [6.07, 6.45) is -1.35. The van der Waals surface area contributed by atoms with Crippen LogP contribution in [0.4, 0.5) is 18.9 Å². The average molecular weight is 260 g/mol. The number of hydrogen-bond acceptors (Lipinski definition) is 3. The van der Waals surface area contributed by atoms with Crippen LogP contribution in [0.15, 0.2) is 18.3 Å². The van der Waals surface area contributed by atoms with E-state index in [9.17, 15) is 13.2 Å². The summed E-state index contributed by atoms with van der Waals surface area (Å²) in [5.74, 6) is 0. The number of aromatic nitrogens is 1. The standard InChI is InChI=1S/C12H15F3N2O/c1-11(4-2-6-18-11)8-17-9-3-5-16-10(7-9)12(13,14)15/h3,5,7H,2,4,6,8H2,1H3,(H,16,17). The van der Waals surface area contributed by atoms with E-state index in [-0.39, 0.29) is 5.60 Å². The van der Waals surface area contributed by atoms with Crippen LogP contribution in [0.3, 0.4) is 0 Å². The number of rotatable bonds is 3. The fraction of sp³-hybridized carbons (Fsp3) is 0.583. The number of alkyl halides is 3. The lowest BCUT2D eigenvalue weighted by atomic mass is 10.0. The van der Waals surface area contributed by atoms with Gasteiger partial charge in [0, 0.05) is 25.0 Å². The summed E-state index contributed by atoms with van der Waals surface area (Å²) in [6, 6.07) is 2.53. The number of anilines is 1. The maximum atomic E-state index is 12.5. The molecule has 2 rings (SSSR count). The minimum Gasteiger partial charge on any atom is -0.382 e. The number of nitrogens with zero attached hydrogens (tertiary/aromatic N) is 1. The minimum atomic E-state index is -4.41. The van der Waals surface area contributed by atoms with Gasteiger partial charge in [-0.1, -0.05) is 0 Å². The zero-order valence-electron chi connectivity index (χ0n) is 10.0. The molecule has 1 fully saturated rings. The maximum Gasteiger partial charge on any atom is 0.433 e. The van der Waals surface area contributed by atoms with E-state index in [0.717, 1.165) is 25.1 Å². The number of hydrogen-bond donors (Lipinski definition) is 1. The van der Waals surface area contributed by atoms with E-state index in [1.54, 1.807) is 0 Å². The Morgan fingerprint density at radius 3 is 2.89 bits per heavy atom. The predicted octanol–water partition coefficient (Wildman–Crippen LogP) is 3.08. The summed E-state index contributed by atoms with van der Waals surface area (Å²) in [4.78, 5) is 3.31. The first-order valence-electron chi connectivity index (χ1n) is 5.80. The molecule has 1 unspecified atom stereocenters. The molecule has 0 spiro atoms. The van der Waals surface area contributed by atoms with Crippen molar-refractivity contribution in [3.05, 3.63) is 24.0 Å². The van der Waals surface area contributed by atoms with E-state index in [1.165, 1.54) is 6.07 Å². The lowest BCUT2D eigenvalue weighted by Gasteiger charge is -2.24. The van der Waals surface area contributed by atoms with Gasteiger partial charge in [0.25, 0.3) is 0 Å². The third kappa shape index (κ3) is 3.13. The first-order chi connectivity index (χ1) is 8.39. The van der Waals surface area contributed by atoms with Crippen molar-refractivity contribution in [2.75, 3.05) is 18.5 Å². The molecule has 3 nitrogen and oxygen atoms in total. The molecule has 0 aromatic carbocycles. The highest BCUT2D eigenvalue weighted by Gasteiger charge is 2.33. The van der Waals surface area contributed by atoms with Gasteiger partial charge in [0.15, 0.2) is 0 Å². The van der Waals surface area contributed by atoms with Gasteiger partial charge < -0.3 is 10.1 Å². The molecule has 18 heavy (non-hydrogen) atoms. The largest absolute Gasteiger partial charge is 0.433 e. The van der Waals surface area contributed by atoms with E-state index < -0.39 is 11.9 Å². The van der Waals surface area contributed by atoms with Crippen molar-refractivity contribution in [2.45, 2.75) is 31.5 Å². The zero-order chi connectivity index (χ0) is 13.2. The third-order valence-electron chi connectivity index (χ3n) is 3.02. The second-order valence-electron chi connectivity index (χ2n) is 4.68. The molecule has 0 aliphatic carbocycles. The van der Waals surface area contributed by atoms with Gasteiger partial charge in [-0.3, -0.25) is 4.98 Å². The molecule has 0 amide bonds. The summed E-state index contributed by atoms with van der Waals surface area (Å²) in [7, 11) is 0. The fourth-order valence-electron chi connectivity index (χ4n) is 1.96. The van der Waals surface area contributed by atoms with Gasteiger partial charge >= 0.3 is 6.18 Å². The van der Waals surface area contributed by atoms with E-state index in [1.807, 2.05) is 6.92 Å². The number of nitrogens with one attached hydrogen (secondary N) is 1.